The van der Waals surface area contributed by atoms with Gasteiger partial charge in [-0.1, -0.05) is 13.0 Å². The SMILES string of the molecule is C=C(C)C(=O)OCCCCCCN(C)C(C)=O. The van der Waals surface area contributed by atoms with Gasteiger partial charge in [-0.15, -0.1) is 0 Å². The largest absolute Gasteiger partial charge is 0.462 e. The average molecular weight is 241 g/mol. The molecule has 1 amide bonds. The minimum Gasteiger partial charge on any atom is -0.462 e. The van der Waals surface area contributed by atoms with E-state index in [0.717, 1.165) is 32.2 Å². The van der Waals surface area contributed by atoms with Crippen LogP contribution < -0.4 is 0 Å². The highest BCUT2D eigenvalue weighted by molar-refractivity contribution is 5.86. The van der Waals surface area contributed by atoms with Gasteiger partial charge in [0.05, 0.1) is 6.61 Å². The summed E-state index contributed by atoms with van der Waals surface area (Å²) in [4.78, 5) is 23.6. The predicted octanol–water partition coefficient (Wildman–Crippen LogP) is 2.14. The second-order valence-corrected chi connectivity index (χ2v) is 4.27. The molecule has 0 radical (unpaired) electrons. The van der Waals surface area contributed by atoms with E-state index in [0.29, 0.717) is 12.2 Å². The molecular weight excluding hydrogens is 218 g/mol. The molecule has 0 atom stereocenters. The number of esters is 1. The zero-order chi connectivity index (χ0) is 13.3. The van der Waals surface area contributed by atoms with Gasteiger partial charge in [0.15, 0.2) is 0 Å². The van der Waals surface area contributed by atoms with E-state index in [1.165, 1.54) is 0 Å². The van der Waals surface area contributed by atoms with Crippen LogP contribution in [0.1, 0.15) is 39.5 Å². The molecule has 0 saturated heterocycles. The zero-order valence-electron chi connectivity index (χ0n) is 11.1. The molecule has 4 nitrogen and oxygen atoms in total. The van der Waals surface area contributed by atoms with Crippen LogP contribution >= 0.6 is 0 Å². The third kappa shape index (κ3) is 8.48. The summed E-state index contributed by atoms with van der Waals surface area (Å²) >= 11 is 0. The van der Waals surface area contributed by atoms with Crippen molar-refractivity contribution in [2.75, 3.05) is 20.2 Å². The lowest BCUT2D eigenvalue weighted by Crippen LogP contribution is -2.24. The number of nitrogens with zero attached hydrogens (tertiary/aromatic N) is 1. The average Bonchev–Trinajstić information content (AvgIpc) is 2.26. The number of hydrogen-bond acceptors (Lipinski definition) is 3. The topological polar surface area (TPSA) is 46.6 Å². The van der Waals surface area contributed by atoms with Crippen molar-refractivity contribution in [1.82, 2.24) is 4.90 Å². The van der Waals surface area contributed by atoms with E-state index in [-0.39, 0.29) is 11.9 Å². The van der Waals surface area contributed by atoms with Gasteiger partial charge in [-0.2, -0.15) is 0 Å². The lowest BCUT2D eigenvalue weighted by atomic mass is 10.2. The Hall–Kier alpha value is -1.32. The molecule has 0 saturated carbocycles. The molecular formula is C13H23NO3. The van der Waals surface area contributed by atoms with Crippen molar-refractivity contribution in [2.45, 2.75) is 39.5 Å². The summed E-state index contributed by atoms with van der Waals surface area (Å²) in [5.41, 5.74) is 0.438. The maximum Gasteiger partial charge on any atom is 0.333 e. The third-order valence-corrected chi connectivity index (χ3v) is 2.51. The summed E-state index contributed by atoms with van der Waals surface area (Å²) in [5.74, 6) is -0.221. The molecule has 0 rings (SSSR count). The number of unbranched alkanes of at least 4 members (excludes halogenated alkanes) is 3. The molecule has 17 heavy (non-hydrogen) atoms. The quantitative estimate of drug-likeness (QED) is 0.371. The van der Waals surface area contributed by atoms with Crippen LogP contribution in [0.3, 0.4) is 0 Å². The smallest absolute Gasteiger partial charge is 0.333 e. The molecule has 98 valence electrons. The Morgan fingerprint density at radius 2 is 1.71 bits per heavy atom. The maximum atomic E-state index is 11.0. The van der Waals surface area contributed by atoms with E-state index in [2.05, 4.69) is 6.58 Å². The molecule has 0 aromatic rings. The lowest BCUT2D eigenvalue weighted by Gasteiger charge is -2.13. The molecule has 0 unspecified atom stereocenters. The van der Waals surface area contributed by atoms with E-state index in [9.17, 15) is 9.59 Å². The van der Waals surface area contributed by atoms with Crippen molar-refractivity contribution < 1.29 is 14.3 Å². The van der Waals surface area contributed by atoms with Crippen LogP contribution in [0.2, 0.25) is 0 Å². The first-order valence-corrected chi connectivity index (χ1v) is 5.99. The highest BCUT2D eigenvalue weighted by atomic mass is 16.5. The molecule has 0 aliphatic heterocycles. The highest BCUT2D eigenvalue weighted by Crippen LogP contribution is 2.02. The zero-order valence-corrected chi connectivity index (χ0v) is 11.1. The molecule has 0 aromatic heterocycles. The van der Waals surface area contributed by atoms with Crippen molar-refractivity contribution in [3.8, 4) is 0 Å². The van der Waals surface area contributed by atoms with Gasteiger partial charge in [0.2, 0.25) is 5.91 Å². The first-order valence-electron chi connectivity index (χ1n) is 5.99. The minimum atomic E-state index is -0.318. The fourth-order valence-electron chi connectivity index (χ4n) is 1.25. The van der Waals surface area contributed by atoms with Crippen molar-refractivity contribution in [3.05, 3.63) is 12.2 Å². The first kappa shape index (κ1) is 15.7. The third-order valence-electron chi connectivity index (χ3n) is 2.51. The minimum absolute atomic E-state index is 0.0976. The lowest BCUT2D eigenvalue weighted by molar-refractivity contribution is -0.139. The monoisotopic (exact) mass is 241 g/mol. The van der Waals surface area contributed by atoms with Crippen LogP contribution in [0, 0.1) is 0 Å². The summed E-state index contributed by atoms with van der Waals surface area (Å²) < 4.78 is 4.97. The molecule has 0 aliphatic rings. The number of rotatable bonds is 8. The van der Waals surface area contributed by atoms with E-state index in [4.69, 9.17) is 4.74 Å². The summed E-state index contributed by atoms with van der Waals surface area (Å²) in [5, 5.41) is 0. The van der Waals surface area contributed by atoms with Crippen LogP contribution in [0.25, 0.3) is 0 Å². The fourth-order valence-corrected chi connectivity index (χ4v) is 1.25. The first-order chi connectivity index (χ1) is 7.95. The standard InChI is InChI=1S/C13H23NO3/c1-11(2)13(16)17-10-8-6-5-7-9-14(4)12(3)15/h1,5-10H2,2-4H3. The summed E-state index contributed by atoms with van der Waals surface area (Å²) in [6, 6.07) is 0. The Balaban J connectivity index is 3.33. The molecule has 0 aliphatic carbocycles. The highest BCUT2D eigenvalue weighted by Gasteiger charge is 2.03. The molecule has 0 spiro atoms. The summed E-state index contributed by atoms with van der Waals surface area (Å²) in [7, 11) is 1.80. The Morgan fingerprint density at radius 3 is 2.24 bits per heavy atom. The molecule has 0 heterocycles. The van der Waals surface area contributed by atoms with Crippen LogP contribution in [-0.4, -0.2) is 37.0 Å². The molecule has 0 fully saturated rings. The van der Waals surface area contributed by atoms with E-state index in [1.54, 1.807) is 25.8 Å². The number of carbonyl (C=O) groups excluding carboxylic acids is 2. The van der Waals surface area contributed by atoms with Gasteiger partial charge < -0.3 is 9.64 Å². The Labute approximate surface area is 104 Å². The number of hydrogen-bond donors (Lipinski definition) is 0. The van der Waals surface area contributed by atoms with Crippen LogP contribution in [-0.2, 0) is 14.3 Å². The van der Waals surface area contributed by atoms with E-state index in [1.807, 2.05) is 0 Å². The van der Waals surface area contributed by atoms with Gasteiger partial charge in [-0.25, -0.2) is 4.79 Å². The van der Waals surface area contributed by atoms with Crippen LogP contribution in [0.15, 0.2) is 12.2 Å². The molecule has 0 aromatic carbocycles. The van der Waals surface area contributed by atoms with Gasteiger partial charge in [0, 0.05) is 26.1 Å². The van der Waals surface area contributed by atoms with Gasteiger partial charge in [-0.3, -0.25) is 4.79 Å². The van der Waals surface area contributed by atoms with E-state index >= 15 is 0 Å². The maximum absolute atomic E-state index is 11.0. The summed E-state index contributed by atoms with van der Waals surface area (Å²) in [6.07, 6.45) is 3.91. The second-order valence-electron chi connectivity index (χ2n) is 4.27. The molecule has 4 heteroatoms. The van der Waals surface area contributed by atoms with Crippen molar-refractivity contribution in [3.63, 3.8) is 0 Å². The Morgan fingerprint density at radius 1 is 1.12 bits per heavy atom. The van der Waals surface area contributed by atoms with Crippen molar-refractivity contribution in [1.29, 1.82) is 0 Å². The van der Waals surface area contributed by atoms with Gasteiger partial charge >= 0.3 is 5.97 Å². The predicted molar refractivity (Wildman–Crippen MR) is 67.6 cm³/mol. The Kier molecular flexibility index (Phi) is 8.11. The van der Waals surface area contributed by atoms with E-state index < -0.39 is 0 Å². The van der Waals surface area contributed by atoms with Gasteiger partial charge in [0.1, 0.15) is 0 Å². The summed E-state index contributed by atoms with van der Waals surface area (Å²) in [6.45, 7) is 7.96. The second kappa shape index (κ2) is 8.79. The number of amides is 1. The number of ether oxygens (including phenoxy) is 1. The number of carbonyl (C=O) groups is 2. The van der Waals surface area contributed by atoms with Crippen LogP contribution in [0.4, 0.5) is 0 Å². The van der Waals surface area contributed by atoms with Crippen molar-refractivity contribution in [2.24, 2.45) is 0 Å². The van der Waals surface area contributed by atoms with Gasteiger partial charge in [0.25, 0.3) is 0 Å². The van der Waals surface area contributed by atoms with Crippen molar-refractivity contribution >= 4 is 11.9 Å². The van der Waals surface area contributed by atoms with Gasteiger partial charge in [-0.05, 0) is 26.2 Å². The van der Waals surface area contributed by atoms with Crippen LogP contribution in [0.5, 0.6) is 0 Å². The molecule has 0 N–H and O–H groups in total. The Bertz CT molecular complexity index is 274. The molecule has 0 bridgehead atoms. The normalized spacial score (nSPS) is 9.82. The fraction of sp³-hybridized carbons (Fsp3) is 0.692.